The average Bonchev–Trinajstić information content (AvgIpc) is 3.12. The molecule has 0 bridgehead atoms. The molecular weight excluding hydrogens is 212 g/mol. The van der Waals surface area contributed by atoms with Gasteiger partial charge in [0.25, 0.3) is 0 Å². The highest BCUT2D eigenvalue weighted by molar-refractivity contribution is 4.88. The molecular formula is C14H28N2O. The molecule has 2 N–H and O–H groups in total. The highest BCUT2D eigenvalue weighted by Crippen LogP contribution is 2.32. The summed E-state index contributed by atoms with van der Waals surface area (Å²) in [4.78, 5) is 2.58. The summed E-state index contributed by atoms with van der Waals surface area (Å²) >= 11 is 0. The zero-order valence-electron chi connectivity index (χ0n) is 11.4. The summed E-state index contributed by atoms with van der Waals surface area (Å²) in [6.45, 7) is 8.84. The largest absolute Gasteiger partial charge is 0.393 e. The molecule has 17 heavy (non-hydrogen) atoms. The SMILES string of the molecule is CCNC1CC(C(O)CC)CN(CC2CC2)C1. The van der Waals surface area contributed by atoms with Crippen LogP contribution in [0.1, 0.15) is 39.5 Å². The zero-order chi connectivity index (χ0) is 12.3. The molecule has 3 nitrogen and oxygen atoms in total. The second-order valence-corrected chi connectivity index (χ2v) is 5.89. The molecule has 1 aliphatic heterocycles. The Hall–Kier alpha value is -0.120. The van der Waals surface area contributed by atoms with Crippen LogP contribution in [0.5, 0.6) is 0 Å². The second-order valence-electron chi connectivity index (χ2n) is 5.89. The van der Waals surface area contributed by atoms with Crippen LogP contribution in [0.15, 0.2) is 0 Å². The average molecular weight is 240 g/mol. The third-order valence-electron chi connectivity index (χ3n) is 4.23. The van der Waals surface area contributed by atoms with Gasteiger partial charge in [-0.15, -0.1) is 0 Å². The van der Waals surface area contributed by atoms with E-state index in [2.05, 4.69) is 24.1 Å². The van der Waals surface area contributed by atoms with Gasteiger partial charge in [0.2, 0.25) is 0 Å². The van der Waals surface area contributed by atoms with Crippen LogP contribution < -0.4 is 5.32 Å². The molecule has 2 fully saturated rings. The smallest absolute Gasteiger partial charge is 0.0578 e. The van der Waals surface area contributed by atoms with Crippen LogP contribution in [-0.2, 0) is 0 Å². The van der Waals surface area contributed by atoms with Crippen LogP contribution in [0.25, 0.3) is 0 Å². The van der Waals surface area contributed by atoms with Crippen LogP contribution in [0.4, 0.5) is 0 Å². The van der Waals surface area contributed by atoms with Crippen molar-refractivity contribution < 1.29 is 5.11 Å². The van der Waals surface area contributed by atoms with Crippen molar-refractivity contribution in [1.29, 1.82) is 0 Å². The molecule has 0 radical (unpaired) electrons. The molecule has 3 heteroatoms. The minimum atomic E-state index is -0.113. The maximum Gasteiger partial charge on any atom is 0.0578 e. The summed E-state index contributed by atoms with van der Waals surface area (Å²) in [6.07, 6.45) is 4.76. The number of piperidine rings is 1. The fourth-order valence-corrected chi connectivity index (χ4v) is 3.10. The lowest BCUT2D eigenvalue weighted by Crippen LogP contribution is -2.52. The Labute approximate surface area is 106 Å². The first-order chi connectivity index (χ1) is 8.22. The van der Waals surface area contributed by atoms with Gasteiger partial charge < -0.3 is 15.3 Å². The third-order valence-corrected chi connectivity index (χ3v) is 4.23. The lowest BCUT2D eigenvalue weighted by atomic mass is 9.88. The number of aliphatic hydroxyl groups excluding tert-OH is 1. The van der Waals surface area contributed by atoms with Gasteiger partial charge >= 0.3 is 0 Å². The fourth-order valence-electron chi connectivity index (χ4n) is 3.10. The van der Waals surface area contributed by atoms with E-state index in [1.807, 2.05) is 0 Å². The number of aliphatic hydroxyl groups is 1. The molecule has 0 aromatic heterocycles. The highest BCUT2D eigenvalue weighted by Gasteiger charge is 2.33. The first kappa shape index (κ1) is 13.3. The van der Waals surface area contributed by atoms with E-state index < -0.39 is 0 Å². The maximum atomic E-state index is 10.1. The van der Waals surface area contributed by atoms with Crippen LogP contribution in [0, 0.1) is 11.8 Å². The number of hydrogen-bond donors (Lipinski definition) is 2. The number of rotatable bonds is 6. The van der Waals surface area contributed by atoms with Crippen molar-refractivity contribution in [2.45, 2.75) is 51.7 Å². The van der Waals surface area contributed by atoms with Crippen molar-refractivity contribution in [1.82, 2.24) is 10.2 Å². The van der Waals surface area contributed by atoms with Gasteiger partial charge in [-0.1, -0.05) is 13.8 Å². The molecule has 1 saturated heterocycles. The summed E-state index contributed by atoms with van der Waals surface area (Å²) in [5.41, 5.74) is 0. The summed E-state index contributed by atoms with van der Waals surface area (Å²) < 4.78 is 0. The van der Waals surface area contributed by atoms with Crippen molar-refractivity contribution in [2.24, 2.45) is 11.8 Å². The van der Waals surface area contributed by atoms with E-state index in [0.29, 0.717) is 12.0 Å². The number of nitrogens with one attached hydrogen (secondary N) is 1. The molecule has 2 rings (SSSR count). The van der Waals surface area contributed by atoms with Crippen molar-refractivity contribution in [3.63, 3.8) is 0 Å². The number of nitrogens with zero attached hydrogens (tertiary/aromatic N) is 1. The third kappa shape index (κ3) is 3.94. The first-order valence-corrected chi connectivity index (χ1v) is 7.36. The van der Waals surface area contributed by atoms with Gasteiger partial charge in [0.1, 0.15) is 0 Å². The van der Waals surface area contributed by atoms with Crippen molar-refractivity contribution >= 4 is 0 Å². The Morgan fingerprint density at radius 1 is 1.29 bits per heavy atom. The van der Waals surface area contributed by atoms with Crippen molar-refractivity contribution in [2.75, 3.05) is 26.2 Å². The minimum absolute atomic E-state index is 0.113. The molecule has 1 heterocycles. The molecule has 0 amide bonds. The van der Waals surface area contributed by atoms with E-state index in [0.717, 1.165) is 31.8 Å². The summed E-state index contributed by atoms with van der Waals surface area (Å²) in [6, 6.07) is 0.582. The van der Waals surface area contributed by atoms with Crippen molar-refractivity contribution in [3.05, 3.63) is 0 Å². The molecule has 3 atom stereocenters. The van der Waals surface area contributed by atoms with Gasteiger partial charge in [0.05, 0.1) is 6.10 Å². The van der Waals surface area contributed by atoms with E-state index in [-0.39, 0.29) is 6.10 Å². The van der Waals surface area contributed by atoms with Crippen LogP contribution in [0.3, 0.4) is 0 Å². The molecule has 0 spiro atoms. The zero-order valence-corrected chi connectivity index (χ0v) is 11.4. The molecule has 0 aromatic rings. The van der Waals surface area contributed by atoms with Crippen LogP contribution in [0.2, 0.25) is 0 Å². The molecule has 1 saturated carbocycles. The molecule has 0 aromatic carbocycles. The Balaban J connectivity index is 1.88. The Morgan fingerprint density at radius 2 is 2.06 bits per heavy atom. The molecule has 100 valence electrons. The predicted octanol–water partition coefficient (Wildman–Crippen LogP) is 1.47. The van der Waals surface area contributed by atoms with E-state index in [1.54, 1.807) is 0 Å². The fraction of sp³-hybridized carbons (Fsp3) is 1.00. The topological polar surface area (TPSA) is 35.5 Å². The Bertz CT molecular complexity index is 230. The van der Waals surface area contributed by atoms with Gasteiger partial charge in [-0.3, -0.25) is 0 Å². The standard InChI is InChI=1S/C14H28N2O/c1-3-14(17)12-7-13(15-4-2)10-16(9-12)8-11-5-6-11/h11-15,17H,3-10H2,1-2H3. The van der Waals surface area contributed by atoms with Gasteiger partial charge in [0, 0.05) is 25.7 Å². The van der Waals surface area contributed by atoms with Gasteiger partial charge in [0.15, 0.2) is 0 Å². The number of likely N-dealkylation sites (tertiary alicyclic amines) is 1. The summed E-state index contributed by atoms with van der Waals surface area (Å²) in [7, 11) is 0. The van der Waals surface area contributed by atoms with Crippen LogP contribution >= 0.6 is 0 Å². The van der Waals surface area contributed by atoms with Crippen LogP contribution in [-0.4, -0.2) is 48.3 Å². The Kier molecular flexibility index (Phi) is 4.83. The normalized spacial score (nSPS) is 32.6. The Morgan fingerprint density at radius 3 is 2.65 bits per heavy atom. The maximum absolute atomic E-state index is 10.1. The number of hydrogen-bond acceptors (Lipinski definition) is 3. The van der Waals surface area contributed by atoms with E-state index in [4.69, 9.17) is 0 Å². The number of likely N-dealkylation sites (N-methyl/N-ethyl adjacent to an activating group) is 1. The summed E-state index contributed by atoms with van der Waals surface area (Å²) in [5.74, 6) is 1.42. The van der Waals surface area contributed by atoms with Gasteiger partial charge in [-0.25, -0.2) is 0 Å². The van der Waals surface area contributed by atoms with Gasteiger partial charge in [-0.2, -0.15) is 0 Å². The lowest BCUT2D eigenvalue weighted by Gasteiger charge is -2.40. The van der Waals surface area contributed by atoms with Gasteiger partial charge in [-0.05, 0) is 44.1 Å². The lowest BCUT2D eigenvalue weighted by molar-refractivity contribution is 0.0343. The van der Waals surface area contributed by atoms with Crippen molar-refractivity contribution in [3.8, 4) is 0 Å². The molecule has 2 aliphatic rings. The molecule has 1 aliphatic carbocycles. The monoisotopic (exact) mass is 240 g/mol. The van der Waals surface area contributed by atoms with E-state index in [1.165, 1.54) is 25.9 Å². The highest BCUT2D eigenvalue weighted by atomic mass is 16.3. The summed E-state index contributed by atoms with van der Waals surface area (Å²) in [5, 5.41) is 13.6. The quantitative estimate of drug-likeness (QED) is 0.738. The van der Waals surface area contributed by atoms with E-state index in [9.17, 15) is 5.11 Å². The first-order valence-electron chi connectivity index (χ1n) is 7.36. The molecule has 3 unspecified atom stereocenters. The van der Waals surface area contributed by atoms with E-state index >= 15 is 0 Å². The minimum Gasteiger partial charge on any atom is -0.393 e. The second kappa shape index (κ2) is 6.17. The predicted molar refractivity (Wildman–Crippen MR) is 71.0 cm³/mol.